The molecule has 5 nitrogen and oxygen atoms in total. The summed E-state index contributed by atoms with van der Waals surface area (Å²) >= 11 is 0. The van der Waals surface area contributed by atoms with Gasteiger partial charge < -0.3 is 15.1 Å². The van der Waals surface area contributed by atoms with Crippen LogP contribution in [0.15, 0.2) is 41.0 Å². The van der Waals surface area contributed by atoms with Crippen molar-refractivity contribution >= 4 is 11.8 Å². The molecule has 0 unspecified atom stereocenters. The van der Waals surface area contributed by atoms with Crippen molar-refractivity contribution in [3.8, 4) is 0 Å². The number of amides is 2. The minimum Gasteiger partial charge on any atom is -0.459 e. The minimum atomic E-state index is -0.291. The fraction of sp³-hybridized carbons (Fsp3) is 0.250. The van der Waals surface area contributed by atoms with Crippen LogP contribution in [0.1, 0.15) is 32.0 Å². The first-order chi connectivity index (χ1) is 10.1. The third-order valence-electron chi connectivity index (χ3n) is 3.21. The van der Waals surface area contributed by atoms with Gasteiger partial charge >= 0.3 is 0 Å². The summed E-state index contributed by atoms with van der Waals surface area (Å²) in [6.07, 6.45) is 1.44. The van der Waals surface area contributed by atoms with Gasteiger partial charge in [0.25, 0.3) is 11.8 Å². The van der Waals surface area contributed by atoms with Gasteiger partial charge in [-0.2, -0.15) is 0 Å². The molecule has 110 valence electrons. The van der Waals surface area contributed by atoms with Crippen LogP contribution in [0, 0.1) is 13.8 Å². The van der Waals surface area contributed by atoms with Crippen LogP contribution in [0.3, 0.4) is 0 Å². The fourth-order valence-corrected chi connectivity index (χ4v) is 1.83. The lowest BCUT2D eigenvalue weighted by atomic mass is 10.1. The Bertz CT molecular complexity index is 633. The molecule has 5 heteroatoms. The largest absolute Gasteiger partial charge is 0.459 e. The van der Waals surface area contributed by atoms with E-state index in [1.807, 2.05) is 26.0 Å². The van der Waals surface area contributed by atoms with Gasteiger partial charge in [-0.3, -0.25) is 9.59 Å². The number of benzene rings is 1. The lowest BCUT2D eigenvalue weighted by Crippen LogP contribution is -2.34. The van der Waals surface area contributed by atoms with E-state index in [1.165, 1.54) is 6.26 Å². The predicted octanol–water partition coefficient (Wildman–Crippen LogP) is 2.06. The van der Waals surface area contributed by atoms with Crippen LogP contribution in [0.4, 0.5) is 0 Å². The van der Waals surface area contributed by atoms with Gasteiger partial charge in [0, 0.05) is 18.7 Å². The summed E-state index contributed by atoms with van der Waals surface area (Å²) < 4.78 is 4.97. The van der Waals surface area contributed by atoms with Crippen molar-refractivity contribution in [3.05, 3.63) is 59.0 Å². The van der Waals surface area contributed by atoms with E-state index in [-0.39, 0.29) is 17.6 Å². The quantitative estimate of drug-likeness (QED) is 0.826. The van der Waals surface area contributed by atoms with Gasteiger partial charge in [0.15, 0.2) is 5.76 Å². The topological polar surface area (TPSA) is 71.3 Å². The van der Waals surface area contributed by atoms with Crippen molar-refractivity contribution in [2.75, 3.05) is 13.1 Å². The molecular weight excluding hydrogens is 268 g/mol. The molecule has 0 bridgehead atoms. The van der Waals surface area contributed by atoms with E-state index in [9.17, 15) is 9.59 Å². The lowest BCUT2D eigenvalue weighted by molar-refractivity contribution is 0.0910. The van der Waals surface area contributed by atoms with Gasteiger partial charge in [-0.25, -0.2) is 0 Å². The molecule has 0 atom stereocenters. The second-order valence-corrected chi connectivity index (χ2v) is 4.79. The molecule has 2 amide bonds. The summed E-state index contributed by atoms with van der Waals surface area (Å²) in [5.74, 6) is -0.179. The van der Waals surface area contributed by atoms with E-state index in [4.69, 9.17) is 4.42 Å². The van der Waals surface area contributed by atoms with Gasteiger partial charge in [-0.05, 0) is 49.2 Å². The molecule has 2 N–H and O–H groups in total. The summed E-state index contributed by atoms with van der Waals surface area (Å²) in [5, 5.41) is 5.43. The molecule has 2 rings (SSSR count). The Morgan fingerprint density at radius 3 is 2.33 bits per heavy atom. The third-order valence-corrected chi connectivity index (χ3v) is 3.21. The molecule has 0 aliphatic carbocycles. The van der Waals surface area contributed by atoms with Crippen LogP contribution >= 0.6 is 0 Å². The molecule has 0 radical (unpaired) electrons. The maximum Gasteiger partial charge on any atom is 0.287 e. The highest BCUT2D eigenvalue weighted by Crippen LogP contribution is 2.09. The number of aryl methyl sites for hydroxylation is 2. The van der Waals surface area contributed by atoms with Crippen molar-refractivity contribution in [2.45, 2.75) is 13.8 Å². The number of nitrogens with one attached hydrogen (secondary N) is 2. The van der Waals surface area contributed by atoms with E-state index in [0.717, 1.165) is 11.1 Å². The Labute approximate surface area is 123 Å². The molecule has 1 aromatic carbocycles. The van der Waals surface area contributed by atoms with Crippen LogP contribution < -0.4 is 10.6 Å². The Balaban J connectivity index is 1.77. The van der Waals surface area contributed by atoms with Crippen molar-refractivity contribution in [1.82, 2.24) is 10.6 Å². The number of hydrogen-bond acceptors (Lipinski definition) is 3. The molecule has 0 aliphatic heterocycles. The van der Waals surface area contributed by atoms with E-state index in [0.29, 0.717) is 18.7 Å². The van der Waals surface area contributed by atoms with Crippen molar-refractivity contribution in [2.24, 2.45) is 0 Å². The Kier molecular flexibility index (Phi) is 4.77. The van der Waals surface area contributed by atoms with Crippen LogP contribution in [0.2, 0.25) is 0 Å². The van der Waals surface area contributed by atoms with Gasteiger partial charge in [0.2, 0.25) is 0 Å². The van der Waals surface area contributed by atoms with Crippen molar-refractivity contribution in [3.63, 3.8) is 0 Å². The number of furan rings is 1. The van der Waals surface area contributed by atoms with Crippen LogP contribution in [0.5, 0.6) is 0 Å². The minimum absolute atomic E-state index is 0.148. The zero-order valence-electron chi connectivity index (χ0n) is 12.1. The highest BCUT2D eigenvalue weighted by molar-refractivity contribution is 5.94. The summed E-state index contributed by atoms with van der Waals surface area (Å²) in [7, 11) is 0. The summed E-state index contributed by atoms with van der Waals surface area (Å²) in [4.78, 5) is 23.5. The molecule has 0 saturated carbocycles. The molecular formula is C16H18N2O3. The fourth-order valence-electron chi connectivity index (χ4n) is 1.83. The molecule has 2 aromatic rings. The van der Waals surface area contributed by atoms with Crippen LogP contribution in [-0.4, -0.2) is 24.9 Å². The molecule has 21 heavy (non-hydrogen) atoms. The van der Waals surface area contributed by atoms with Gasteiger partial charge in [0.1, 0.15) is 0 Å². The monoisotopic (exact) mass is 286 g/mol. The maximum atomic E-state index is 11.9. The highest BCUT2D eigenvalue weighted by Gasteiger charge is 2.08. The standard InChI is InChI=1S/C16H18N2O3/c1-11-5-6-13(10-12(11)2)15(19)17-7-8-18-16(20)14-4-3-9-21-14/h3-6,9-10H,7-8H2,1-2H3,(H,17,19)(H,18,20). The second-order valence-electron chi connectivity index (χ2n) is 4.79. The summed E-state index contributed by atoms with van der Waals surface area (Å²) in [6, 6.07) is 8.80. The lowest BCUT2D eigenvalue weighted by Gasteiger charge is -2.07. The Morgan fingerprint density at radius 1 is 1.00 bits per heavy atom. The average Bonchev–Trinajstić information content (AvgIpc) is 3.00. The Morgan fingerprint density at radius 2 is 1.71 bits per heavy atom. The summed E-state index contributed by atoms with van der Waals surface area (Å²) in [6.45, 7) is 4.67. The van der Waals surface area contributed by atoms with E-state index in [2.05, 4.69) is 10.6 Å². The van der Waals surface area contributed by atoms with Gasteiger partial charge in [-0.15, -0.1) is 0 Å². The summed E-state index contributed by atoms with van der Waals surface area (Å²) in [5.41, 5.74) is 2.85. The van der Waals surface area contributed by atoms with Crippen LogP contribution in [0.25, 0.3) is 0 Å². The molecule has 0 spiro atoms. The molecule has 0 saturated heterocycles. The number of carbonyl (C=O) groups excluding carboxylic acids is 2. The molecule has 0 fully saturated rings. The smallest absolute Gasteiger partial charge is 0.287 e. The van der Waals surface area contributed by atoms with Gasteiger partial charge in [0.05, 0.1) is 6.26 Å². The molecule has 1 aromatic heterocycles. The first kappa shape index (κ1) is 14.8. The number of hydrogen-bond donors (Lipinski definition) is 2. The first-order valence-corrected chi connectivity index (χ1v) is 6.75. The number of carbonyl (C=O) groups is 2. The molecule has 0 aliphatic rings. The van der Waals surface area contributed by atoms with E-state index >= 15 is 0 Å². The van der Waals surface area contributed by atoms with Gasteiger partial charge in [-0.1, -0.05) is 6.07 Å². The highest BCUT2D eigenvalue weighted by atomic mass is 16.3. The second kappa shape index (κ2) is 6.74. The van der Waals surface area contributed by atoms with Crippen molar-refractivity contribution in [1.29, 1.82) is 0 Å². The van der Waals surface area contributed by atoms with E-state index in [1.54, 1.807) is 18.2 Å². The van der Waals surface area contributed by atoms with Crippen molar-refractivity contribution < 1.29 is 14.0 Å². The SMILES string of the molecule is Cc1ccc(C(=O)NCCNC(=O)c2ccco2)cc1C. The zero-order valence-corrected chi connectivity index (χ0v) is 12.1. The normalized spacial score (nSPS) is 10.2. The maximum absolute atomic E-state index is 11.9. The Hall–Kier alpha value is -2.56. The van der Waals surface area contributed by atoms with Crippen LogP contribution in [-0.2, 0) is 0 Å². The first-order valence-electron chi connectivity index (χ1n) is 6.75. The predicted molar refractivity (Wildman–Crippen MR) is 79.3 cm³/mol. The average molecular weight is 286 g/mol. The number of rotatable bonds is 5. The molecule has 1 heterocycles. The third kappa shape index (κ3) is 3.95. The zero-order chi connectivity index (χ0) is 15.2. The van der Waals surface area contributed by atoms with E-state index < -0.39 is 0 Å².